The van der Waals surface area contributed by atoms with Crippen molar-refractivity contribution in [2.45, 2.75) is 0 Å². The Bertz CT molecular complexity index is 894. The van der Waals surface area contributed by atoms with Crippen molar-refractivity contribution in [3.05, 3.63) is 83.9 Å². The van der Waals surface area contributed by atoms with Crippen LogP contribution in [0.15, 0.2) is 72.8 Å². The molecule has 4 nitrogen and oxygen atoms in total. The van der Waals surface area contributed by atoms with Crippen LogP contribution in [0.3, 0.4) is 0 Å². The molecule has 0 radical (unpaired) electrons. The van der Waals surface area contributed by atoms with Crippen molar-refractivity contribution in [1.82, 2.24) is 0 Å². The van der Waals surface area contributed by atoms with E-state index in [1.165, 1.54) is 20.3 Å². The van der Waals surface area contributed by atoms with E-state index >= 15 is 0 Å². The van der Waals surface area contributed by atoms with Crippen molar-refractivity contribution in [2.24, 2.45) is 0 Å². The van der Waals surface area contributed by atoms with Crippen LogP contribution in [-0.2, 0) is 9.47 Å². The average molecular weight is 346 g/mol. The number of ether oxygens (including phenoxy) is 2. The molecular weight excluding hydrogens is 328 g/mol. The summed E-state index contributed by atoms with van der Waals surface area (Å²) in [5.41, 5.74) is 4.45. The molecule has 0 aliphatic carbocycles. The fourth-order valence-electron chi connectivity index (χ4n) is 2.75. The van der Waals surface area contributed by atoms with Crippen LogP contribution in [0.25, 0.3) is 22.3 Å². The summed E-state index contributed by atoms with van der Waals surface area (Å²) >= 11 is 0. The van der Waals surface area contributed by atoms with Gasteiger partial charge in [-0.25, -0.2) is 9.59 Å². The predicted octanol–water partition coefficient (Wildman–Crippen LogP) is 4.59. The Morgan fingerprint density at radius 1 is 0.577 bits per heavy atom. The number of carbonyl (C=O) groups is 2. The number of methoxy groups -OCH3 is 2. The Balaban J connectivity index is 2.02. The zero-order valence-electron chi connectivity index (χ0n) is 14.6. The molecule has 0 saturated heterocycles. The third-order valence-electron chi connectivity index (χ3n) is 4.10. The highest BCUT2D eigenvalue weighted by atomic mass is 16.5. The van der Waals surface area contributed by atoms with Crippen molar-refractivity contribution in [3.8, 4) is 22.3 Å². The number of hydrogen-bond donors (Lipinski definition) is 0. The van der Waals surface area contributed by atoms with Gasteiger partial charge in [0, 0.05) is 0 Å². The molecule has 4 heteroatoms. The zero-order chi connectivity index (χ0) is 18.5. The van der Waals surface area contributed by atoms with Gasteiger partial charge in [-0.2, -0.15) is 0 Å². The third kappa shape index (κ3) is 3.64. The molecule has 26 heavy (non-hydrogen) atoms. The van der Waals surface area contributed by atoms with Gasteiger partial charge < -0.3 is 9.47 Å². The standard InChI is InChI=1S/C22H18O4/c1-25-21(23)19-12-18(13-20(14-19)22(24)26-2)17-10-8-16(9-11-17)15-6-4-3-5-7-15/h3-14H,1-2H3. The Morgan fingerprint density at radius 3 is 1.46 bits per heavy atom. The first-order valence-corrected chi connectivity index (χ1v) is 8.10. The van der Waals surface area contributed by atoms with Crippen molar-refractivity contribution in [2.75, 3.05) is 14.2 Å². The Labute approximate surface area is 152 Å². The summed E-state index contributed by atoms with van der Waals surface area (Å²) in [6.45, 7) is 0. The van der Waals surface area contributed by atoms with E-state index in [0.29, 0.717) is 11.1 Å². The number of esters is 2. The van der Waals surface area contributed by atoms with E-state index in [1.54, 1.807) is 12.1 Å². The minimum Gasteiger partial charge on any atom is -0.465 e. The van der Waals surface area contributed by atoms with Crippen LogP contribution in [0.2, 0.25) is 0 Å². The van der Waals surface area contributed by atoms with Gasteiger partial charge in [0.2, 0.25) is 0 Å². The molecule has 0 heterocycles. The van der Waals surface area contributed by atoms with Gasteiger partial charge >= 0.3 is 11.9 Å². The average Bonchev–Trinajstić information content (AvgIpc) is 2.73. The minimum atomic E-state index is -0.502. The SMILES string of the molecule is COC(=O)c1cc(C(=O)OC)cc(-c2ccc(-c3ccccc3)cc2)c1. The molecule has 0 unspecified atom stereocenters. The van der Waals surface area contributed by atoms with E-state index in [-0.39, 0.29) is 0 Å². The van der Waals surface area contributed by atoms with Gasteiger partial charge in [0.15, 0.2) is 0 Å². The van der Waals surface area contributed by atoms with Gasteiger partial charge in [0.05, 0.1) is 25.3 Å². The maximum atomic E-state index is 11.9. The van der Waals surface area contributed by atoms with Crippen LogP contribution in [0.5, 0.6) is 0 Å². The van der Waals surface area contributed by atoms with Crippen molar-refractivity contribution in [3.63, 3.8) is 0 Å². The molecule has 3 aromatic rings. The molecule has 0 aliphatic heterocycles. The van der Waals surface area contributed by atoms with Gasteiger partial charge in [0.25, 0.3) is 0 Å². The van der Waals surface area contributed by atoms with Gasteiger partial charge in [-0.05, 0) is 40.5 Å². The van der Waals surface area contributed by atoms with E-state index in [2.05, 4.69) is 0 Å². The van der Waals surface area contributed by atoms with Crippen LogP contribution in [0, 0.1) is 0 Å². The summed E-state index contributed by atoms with van der Waals surface area (Å²) in [4.78, 5) is 23.8. The molecular formula is C22H18O4. The van der Waals surface area contributed by atoms with E-state index in [1.807, 2.05) is 54.6 Å². The van der Waals surface area contributed by atoms with Crippen LogP contribution in [-0.4, -0.2) is 26.2 Å². The molecule has 0 fully saturated rings. The fraction of sp³-hybridized carbons (Fsp3) is 0.0909. The summed E-state index contributed by atoms with van der Waals surface area (Å²) in [6.07, 6.45) is 0. The maximum Gasteiger partial charge on any atom is 0.337 e. The summed E-state index contributed by atoms with van der Waals surface area (Å²) < 4.78 is 9.56. The quantitative estimate of drug-likeness (QED) is 0.648. The van der Waals surface area contributed by atoms with E-state index < -0.39 is 11.9 Å². The molecule has 130 valence electrons. The molecule has 3 aromatic carbocycles. The van der Waals surface area contributed by atoms with Crippen LogP contribution >= 0.6 is 0 Å². The Kier molecular flexibility index (Phi) is 5.13. The lowest BCUT2D eigenvalue weighted by atomic mass is 9.97. The molecule has 0 amide bonds. The number of rotatable bonds is 4. The van der Waals surface area contributed by atoms with Crippen molar-refractivity contribution in [1.29, 1.82) is 0 Å². The maximum absolute atomic E-state index is 11.9. The number of hydrogen-bond acceptors (Lipinski definition) is 4. The second kappa shape index (κ2) is 7.66. The lowest BCUT2D eigenvalue weighted by Crippen LogP contribution is -2.07. The topological polar surface area (TPSA) is 52.6 Å². The van der Waals surface area contributed by atoms with Gasteiger partial charge in [0.1, 0.15) is 0 Å². The first-order valence-electron chi connectivity index (χ1n) is 8.10. The van der Waals surface area contributed by atoms with Crippen LogP contribution in [0.1, 0.15) is 20.7 Å². The normalized spacial score (nSPS) is 10.2. The summed E-state index contributed by atoms with van der Waals surface area (Å²) in [5, 5.41) is 0. The monoisotopic (exact) mass is 346 g/mol. The minimum absolute atomic E-state index is 0.303. The molecule has 0 spiro atoms. The predicted molar refractivity (Wildman–Crippen MR) is 100.0 cm³/mol. The van der Waals surface area contributed by atoms with Crippen molar-refractivity contribution >= 4 is 11.9 Å². The molecule has 0 bridgehead atoms. The van der Waals surface area contributed by atoms with Crippen molar-refractivity contribution < 1.29 is 19.1 Å². The van der Waals surface area contributed by atoms with E-state index in [4.69, 9.17) is 9.47 Å². The highest BCUT2D eigenvalue weighted by Crippen LogP contribution is 2.27. The smallest absolute Gasteiger partial charge is 0.337 e. The Hall–Kier alpha value is -3.40. The number of benzene rings is 3. The molecule has 0 aromatic heterocycles. The third-order valence-corrected chi connectivity index (χ3v) is 4.10. The first kappa shape index (κ1) is 17.4. The van der Waals surface area contributed by atoms with Gasteiger partial charge in [-0.15, -0.1) is 0 Å². The van der Waals surface area contributed by atoms with Gasteiger partial charge in [-0.3, -0.25) is 0 Å². The molecule has 0 atom stereocenters. The Morgan fingerprint density at radius 2 is 1.00 bits per heavy atom. The van der Waals surface area contributed by atoms with E-state index in [9.17, 15) is 9.59 Å². The second-order valence-corrected chi connectivity index (χ2v) is 5.73. The zero-order valence-corrected chi connectivity index (χ0v) is 14.6. The van der Waals surface area contributed by atoms with Crippen LogP contribution in [0.4, 0.5) is 0 Å². The molecule has 0 saturated carbocycles. The van der Waals surface area contributed by atoms with E-state index in [0.717, 1.165) is 22.3 Å². The molecule has 0 N–H and O–H groups in total. The van der Waals surface area contributed by atoms with Gasteiger partial charge in [-0.1, -0.05) is 54.6 Å². The summed E-state index contributed by atoms with van der Waals surface area (Å²) in [7, 11) is 2.61. The lowest BCUT2D eigenvalue weighted by molar-refractivity contribution is 0.0599. The number of carbonyl (C=O) groups excluding carboxylic acids is 2. The highest BCUT2D eigenvalue weighted by molar-refractivity contribution is 5.97. The summed E-state index contributed by atoms with van der Waals surface area (Å²) in [6, 6.07) is 22.9. The first-order chi connectivity index (χ1) is 12.6. The summed E-state index contributed by atoms with van der Waals surface area (Å²) in [5.74, 6) is -1.00. The lowest BCUT2D eigenvalue weighted by Gasteiger charge is -2.09. The fourth-order valence-corrected chi connectivity index (χ4v) is 2.75. The second-order valence-electron chi connectivity index (χ2n) is 5.73. The molecule has 0 aliphatic rings. The van der Waals surface area contributed by atoms with Crippen LogP contribution < -0.4 is 0 Å². The molecule has 3 rings (SSSR count). The highest BCUT2D eigenvalue weighted by Gasteiger charge is 2.14. The largest absolute Gasteiger partial charge is 0.465 e.